The number of hydrogen-bond acceptors (Lipinski definition) is 2. The predicted molar refractivity (Wildman–Crippen MR) is 99.9 cm³/mol. The number of likely N-dealkylation sites (tertiary alicyclic amines) is 1. The van der Waals surface area contributed by atoms with Crippen molar-refractivity contribution < 1.29 is 14.0 Å². The number of piperidine rings is 1. The van der Waals surface area contributed by atoms with Gasteiger partial charge in [0.25, 0.3) is 5.91 Å². The zero-order valence-corrected chi connectivity index (χ0v) is 15.1. The highest BCUT2D eigenvalue weighted by molar-refractivity contribution is 6.34. The van der Waals surface area contributed by atoms with E-state index in [-0.39, 0.29) is 16.5 Å². The van der Waals surface area contributed by atoms with E-state index < -0.39 is 11.7 Å². The fraction of sp³-hybridized carbons (Fsp3) is 0.300. The molecule has 1 aliphatic heterocycles. The zero-order chi connectivity index (χ0) is 18.5. The van der Waals surface area contributed by atoms with Crippen molar-refractivity contribution in [1.29, 1.82) is 0 Å². The first-order valence-electron chi connectivity index (χ1n) is 8.66. The topological polar surface area (TPSA) is 49.4 Å². The summed E-state index contributed by atoms with van der Waals surface area (Å²) in [6, 6.07) is 11.1. The molecule has 6 heteroatoms. The van der Waals surface area contributed by atoms with Gasteiger partial charge in [0.1, 0.15) is 5.82 Å². The molecule has 1 N–H and O–H groups in total. The van der Waals surface area contributed by atoms with Crippen LogP contribution in [0.25, 0.3) is 0 Å². The Balaban J connectivity index is 1.62. The second-order valence-corrected chi connectivity index (χ2v) is 6.77. The normalized spacial score (nSPS) is 14.2. The molecule has 0 radical (unpaired) electrons. The second-order valence-electron chi connectivity index (χ2n) is 6.37. The molecule has 0 saturated carbocycles. The van der Waals surface area contributed by atoms with Gasteiger partial charge < -0.3 is 10.2 Å². The van der Waals surface area contributed by atoms with E-state index in [9.17, 15) is 14.0 Å². The average Bonchev–Trinajstić information content (AvgIpc) is 2.64. The minimum absolute atomic E-state index is 0.0613. The summed E-state index contributed by atoms with van der Waals surface area (Å²) < 4.78 is 13.8. The maximum absolute atomic E-state index is 13.8. The van der Waals surface area contributed by atoms with E-state index in [2.05, 4.69) is 5.32 Å². The van der Waals surface area contributed by atoms with Crippen molar-refractivity contribution in [3.63, 3.8) is 0 Å². The Morgan fingerprint density at radius 3 is 2.38 bits per heavy atom. The van der Waals surface area contributed by atoms with Crippen LogP contribution >= 0.6 is 11.6 Å². The molecular weight excluding hydrogens is 355 g/mol. The Morgan fingerprint density at radius 2 is 1.73 bits per heavy atom. The monoisotopic (exact) mass is 374 g/mol. The Labute approximate surface area is 157 Å². The molecule has 136 valence electrons. The van der Waals surface area contributed by atoms with Crippen LogP contribution in [-0.2, 0) is 11.2 Å². The summed E-state index contributed by atoms with van der Waals surface area (Å²) in [7, 11) is 0. The number of nitrogens with zero attached hydrogens (tertiary/aromatic N) is 1. The largest absolute Gasteiger partial charge is 0.342 e. The number of anilines is 1. The third-order valence-electron chi connectivity index (χ3n) is 4.47. The van der Waals surface area contributed by atoms with Gasteiger partial charge in [0.2, 0.25) is 5.91 Å². The lowest BCUT2D eigenvalue weighted by molar-refractivity contribution is -0.131. The number of nitrogens with one attached hydrogen (secondary N) is 1. The molecule has 2 aromatic rings. The molecule has 0 aromatic heterocycles. The van der Waals surface area contributed by atoms with Crippen LogP contribution in [0.4, 0.5) is 10.1 Å². The first-order chi connectivity index (χ1) is 12.5. The van der Waals surface area contributed by atoms with Crippen molar-refractivity contribution in [1.82, 2.24) is 4.90 Å². The molecule has 1 heterocycles. The number of hydrogen-bond donors (Lipinski definition) is 1. The molecule has 0 atom stereocenters. The van der Waals surface area contributed by atoms with Gasteiger partial charge in [-0.1, -0.05) is 29.8 Å². The first-order valence-corrected chi connectivity index (χ1v) is 9.04. The molecular formula is C20H20ClFN2O2. The average molecular weight is 375 g/mol. The molecule has 3 rings (SSSR count). The fourth-order valence-electron chi connectivity index (χ4n) is 3.04. The first kappa shape index (κ1) is 18.4. The molecule has 2 aromatic carbocycles. The second kappa shape index (κ2) is 8.32. The van der Waals surface area contributed by atoms with Gasteiger partial charge in [-0.25, -0.2) is 4.39 Å². The van der Waals surface area contributed by atoms with E-state index in [1.54, 1.807) is 24.3 Å². The maximum atomic E-state index is 13.8. The highest BCUT2D eigenvalue weighted by Crippen LogP contribution is 2.21. The van der Waals surface area contributed by atoms with Gasteiger partial charge in [0, 0.05) is 18.8 Å². The summed E-state index contributed by atoms with van der Waals surface area (Å²) in [6.45, 7) is 1.66. The molecule has 4 nitrogen and oxygen atoms in total. The summed E-state index contributed by atoms with van der Waals surface area (Å²) in [6.07, 6.45) is 3.65. The number of carbonyl (C=O) groups excluding carboxylic acids is 2. The van der Waals surface area contributed by atoms with Gasteiger partial charge in [0.05, 0.1) is 17.0 Å². The molecule has 1 saturated heterocycles. The number of halogens is 2. The van der Waals surface area contributed by atoms with E-state index in [0.717, 1.165) is 31.5 Å². The van der Waals surface area contributed by atoms with Crippen LogP contribution in [0, 0.1) is 5.82 Å². The van der Waals surface area contributed by atoms with Crippen LogP contribution in [-0.4, -0.2) is 29.8 Å². The molecule has 0 spiro atoms. The maximum Gasteiger partial charge on any atom is 0.260 e. The van der Waals surface area contributed by atoms with E-state index in [1.165, 1.54) is 24.6 Å². The van der Waals surface area contributed by atoms with Crippen molar-refractivity contribution in [3.05, 3.63) is 64.4 Å². The van der Waals surface area contributed by atoms with E-state index in [0.29, 0.717) is 12.1 Å². The molecule has 1 aliphatic rings. The molecule has 0 bridgehead atoms. The van der Waals surface area contributed by atoms with Gasteiger partial charge in [-0.2, -0.15) is 0 Å². The molecule has 0 unspecified atom stereocenters. The van der Waals surface area contributed by atoms with Crippen molar-refractivity contribution in [2.45, 2.75) is 25.7 Å². The highest BCUT2D eigenvalue weighted by atomic mass is 35.5. The Hall–Kier alpha value is -2.40. The van der Waals surface area contributed by atoms with E-state index >= 15 is 0 Å². The minimum Gasteiger partial charge on any atom is -0.342 e. The Kier molecular flexibility index (Phi) is 5.89. The van der Waals surface area contributed by atoms with Gasteiger partial charge in [0.15, 0.2) is 0 Å². The summed E-state index contributed by atoms with van der Waals surface area (Å²) in [4.78, 5) is 26.4. The van der Waals surface area contributed by atoms with Crippen molar-refractivity contribution >= 4 is 29.1 Å². The lowest BCUT2D eigenvalue weighted by Crippen LogP contribution is -2.36. The van der Waals surface area contributed by atoms with Crippen LogP contribution in [0.3, 0.4) is 0 Å². The third kappa shape index (κ3) is 4.41. The van der Waals surface area contributed by atoms with Gasteiger partial charge in [-0.05, 0) is 49.1 Å². The Morgan fingerprint density at radius 1 is 1.04 bits per heavy atom. The fourth-order valence-corrected chi connectivity index (χ4v) is 3.29. The lowest BCUT2D eigenvalue weighted by atomic mass is 10.1. The summed E-state index contributed by atoms with van der Waals surface area (Å²) in [5, 5.41) is 2.69. The summed E-state index contributed by atoms with van der Waals surface area (Å²) in [5.41, 5.74) is 1.21. The van der Waals surface area contributed by atoms with Crippen molar-refractivity contribution in [2.75, 3.05) is 18.4 Å². The SMILES string of the molecule is O=C(Nc1ccc(CC(=O)N2CCCCC2)cc1)c1c(F)cccc1Cl. The van der Waals surface area contributed by atoms with Crippen LogP contribution < -0.4 is 5.32 Å². The van der Waals surface area contributed by atoms with Gasteiger partial charge in [-0.15, -0.1) is 0 Å². The quantitative estimate of drug-likeness (QED) is 0.868. The number of amides is 2. The number of benzene rings is 2. The zero-order valence-electron chi connectivity index (χ0n) is 14.3. The standard InChI is InChI=1S/C20H20ClFN2O2/c21-16-5-4-6-17(22)19(16)20(26)23-15-9-7-14(8-10-15)13-18(25)24-11-2-1-3-12-24/h4-10H,1-3,11-13H2,(H,23,26). The molecule has 0 aliphatic carbocycles. The van der Waals surface area contributed by atoms with Crippen molar-refractivity contribution in [2.24, 2.45) is 0 Å². The minimum atomic E-state index is -0.668. The lowest BCUT2D eigenvalue weighted by Gasteiger charge is -2.26. The highest BCUT2D eigenvalue weighted by Gasteiger charge is 2.18. The van der Waals surface area contributed by atoms with Crippen LogP contribution in [0.2, 0.25) is 5.02 Å². The molecule has 2 amide bonds. The van der Waals surface area contributed by atoms with Crippen LogP contribution in [0.15, 0.2) is 42.5 Å². The molecule has 26 heavy (non-hydrogen) atoms. The predicted octanol–water partition coefficient (Wildman–Crippen LogP) is 4.29. The Bertz CT molecular complexity index is 782. The van der Waals surface area contributed by atoms with Gasteiger partial charge >= 0.3 is 0 Å². The van der Waals surface area contributed by atoms with Crippen LogP contribution in [0.1, 0.15) is 35.2 Å². The summed E-state index contributed by atoms with van der Waals surface area (Å²) >= 11 is 5.90. The third-order valence-corrected chi connectivity index (χ3v) is 4.78. The van der Waals surface area contributed by atoms with Gasteiger partial charge in [-0.3, -0.25) is 9.59 Å². The smallest absolute Gasteiger partial charge is 0.260 e. The number of carbonyl (C=O) groups is 2. The van der Waals surface area contributed by atoms with Crippen molar-refractivity contribution in [3.8, 4) is 0 Å². The van der Waals surface area contributed by atoms with E-state index in [4.69, 9.17) is 11.6 Å². The number of rotatable bonds is 4. The molecule has 1 fully saturated rings. The summed E-state index contributed by atoms with van der Waals surface area (Å²) in [5.74, 6) is -1.15. The van der Waals surface area contributed by atoms with Crippen LogP contribution in [0.5, 0.6) is 0 Å². The van der Waals surface area contributed by atoms with E-state index in [1.807, 2.05) is 4.90 Å².